The molecule has 0 saturated carbocycles. The van der Waals surface area contributed by atoms with Crippen molar-refractivity contribution in [3.05, 3.63) is 62.5 Å². The molecule has 0 bridgehead atoms. The molecule has 2 rings (SSSR count). The minimum Gasteiger partial charge on any atom is -0.466 e. The molecule has 9 nitrogen and oxygen atoms in total. The summed E-state index contributed by atoms with van der Waals surface area (Å²) in [5, 5.41) is 14.1. The molecule has 1 N–H and O–H groups in total. The van der Waals surface area contributed by atoms with Gasteiger partial charge in [0.2, 0.25) is 0 Å². The van der Waals surface area contributed by atoms with E-state index >= 15 is 0 Å². The minimum atomic E-state index is -0.763. The van der Waals surface area contributed by atoms with Gasteiger partial charge in [-0.1, -0.05) is 12.1 Å². The number of allylic oxidation sites excluding steroid dienone is 2. The number of nitro benzene ring substituents is 1. The maximum Gasteiger partial charge on any atom is 0.336 e. The minimum absolute atomic E-state index is 0. The lowest BCUT2D eigenvalue weighted by atomic mass is 9.80. The number of carbonyl (C=O) groups excluding carboxylic acids is 2. The van der Waals surface area contributed by atoms with Crippen molar-refractivity contribution >= 4 is 30.0 Å². The van der Waals surface area contributed by atoms with Gasteiger partial charge in [-0.25, -0.2) is 9.59 Å². The number of dihydropyridines is 1. The Hall–Kier alpha value is -2.91. The van der Waals surface area contributed by atoms with Gasteiger partial charge in [-0.3, -0.25) is 10.1 Å². The number of benzene rings is 1. The summed E-state index contributed by atoms with van der Waals surface area (Å²) in [5.41, 5.74) is 2.12. The highest BCUT2D eigenvalue weighted by atomic mass is 35.5. The number of non-ortho nitro benzene ring substituents is 1. The van der Waals surface area contributed by atoms with Gasteiger partial charge in [-0.15, -0.1) is 12.4 Å². The molecule has 1 aromatic carbocycles. The van der Waals surface area contributed by atoms with Gasteiger partial charge < -0.3 is 19.7 Å². The Morgan fingerprint density at radius 1 is 1.10 bits per heavy atom. The molecule has 1 heterocycles. The number of carbonyl (C=O) groups is 2. The fraction of sp³-hybridized carbons (Fsp3) is 0.429. The Morgan fingerprint density at radius 2 is 1.65 bits per heavy atom. The van der Waals surface area contributed by atoms with E-state index in [1.165, 1.54) is 31.4 Å². The summed E-state index contributed by atoms with van der Waals surface area (Å²) in [7, 11) is 5.13. The highest BCUT2D eigenvalue weighted by molar-refractivity contribution is 5.99. The van der Waals surface area contributed by atoms with Crippen LogP contribution >= 0.6 is 12.4 Å². The zero-order chi connectivity index (χ0) is 22.4. The monoisotopic (exact) mass is 453 g/mol. The maximum absolute atomic E-state index is 13.0. The van der Waals surface area contributed by atoms with Gasteiger partial charge in [-0.05, 0) is 39.9 Å². The number of methoxy groups -OCH3 is 1. The van der Waals surface area contributed by atoms with Gasteiger partial charge in [-0.2, -0.15) is 0 Å². The average molecular weight is 454 g/mol. The Bertz CT molecular complexity index is 893. The van der Waals surface area contributed by atoms with Crippen LogP contribution in [-0.2, 0) is 19.1 Å². The lowest BCUT2D eigenvalue weighted by molar-refractivity contribution is -0.384. The molecule has 0 spiro atoms. The number of hydrogen-bond acceptors (Lipinski definition) is 8. The number of nitrogens with zero attached hydrogens (tertiary/aromatic N) is 2. The third kappa shape index (κ3) is 6.28. The van der Waals surface area contributed by atoms with Crippen LogP contribution in [-0.4, -0.2) is 56.1 Å². The van der Waals surface area contributed by atoms with Gasteiger partial charge in [0.15, 0.2) is 0 Å². The summed E-state index contributed by atoms with van der Waals surface area (Å²) >= 11 is 0. The lowest BCUT2D eigenvalue weighted by Gasteiger charge is -2.30. The second-order valence-electron chi connectivity index (χ2n) is 7.27. The summed E-state index contributed by atoms with van der Waals surface area (Å²) in [5.74, 6) is -1.90. The number of nitrogens with one attached hydrogen (secondary N) is 1. The number of hydrogen-bond donors (Lipinski definition) is 1. The van der Waals surface area contributed by atoms with Crippen LogP contribution in [0.1, 0.15) is 31.7 Å². The SMILES string of the molecule is COC(=O)C1=C(C)NC(C)=C(C(=O)OCCCN(C)C)C1c1ccc([N+](=O)[O-])cc1.Cl. The van der Waals surface area contributed by atoms with Crippen LogP contribution in [0.25, 0.3) is 0 Å². The summed E-state index contributed by atoms with van der Waals surface area (Å²) < 4.78 is 10.4. The molecule has 0 amide bonds. The van der Waals surface area contributed by atoms with Gasteiger partial charge >= 0.3 is 11.9 Å². The van der Waals surface area contributed by atoms with Crippen molar-refractivity contribution in [3.63, 3.8) is 0 Å². The van der Waals surface area contributed by atoms with Gasteiger partial charge in [0.1, 0.15) is 0 Å². The second kappa shape index (κ2) is 11.5. The van der Waals surface area contributed by atoms with Crippen molar-refractivity contribution in [2.75, 3.05) is 34.4 Å². The molecule has 1 aromatic rings. The Kier molecular flexibility index (Phi) is 9.67. The second-order valence-corrected chi connectivity index (χ2v) is 7.27. The van der Waals surface area contributed by atoms with E-state index in [0.717, 1.165) is 6.54 Å². The van der Waals surface area contributed by atoms with E-state index in [9.17, 15) is 19.7 Å². The van der Waals surface area contributed by atoms with Crippen LogP contribution in [0.15, 0.2) is 46.8 Å². The van der Waals surface area contributed by atoms with Crippen LogP contribution in [0.5, 0.6) is 0 Å². The Labute approximate surface area is 187 Å². The first-order chi connectivity index (χ1) is 14.2. The van der Waals surface area contributed by atoms with Crippen molar-refractivity contribution < 1.29 is 24.0 Å². The van der Waals surface area contributed by atoms with E-state index in [1.54, 1.807) is 13.8 Å². The molecular formula is C21H28ClN3O6. The summed E-state index contributed by atoms with van der Waals surface area (Å²) in [6, 6.07) is 5.77. The Morgan fingerprint density at radius 3 is 2.13 bits per heavy atom. The summed E-state index contributed by atoms with van der Waals surface area (Å²) in [6.07, 6.45) is 0.666. The molecule has 10 heteroatoms. The van der Waals surface area contributed by atoms with Crippen molar-refractivity contribution in [1.82, 2.24) is 10.2 Å². The average Bonchev–Trinajstić information content (AvgIpc) is 2.69. The van der Waals surface area contributed by atoms with Gasteiger partial charge in [0, 0.05) is 30.1 Å². The van der Waals surface area contributed by atoms with Crippen molar-refractivity contribution in [1.29, 1.82) is 0 Å². The normalized spacial score (nSPS) is 15.9. The molecule has 0 aliphatic carbocycles. The number of halogens is 1. The zero-order valence-corrected chi connectivity index (χ0v) is 19.1. The molecule has 1 aliphatic heterocycles. The van der Waals surface area contributed by atoms with Crippen molar-refractivity contribution in [2.24, 2.45) is 0 Å². The molecule has 1 atom stereocenters. The van der Waals surface area contributed by atoms with Crippen LogP contribution in [0.4, 0.5) is 5.69 Å². The molecule has 1 aliphatic rings. The van der Waals surface area contributed by atoms with Crippen LogP contribution < -0.4 is 5.32 Å². The fourth-order valence-corrected chi connectivity index (χ4v) is 3.39. The van der Waals surface area contributed by atoms with Crippen LogP contribution in [0.2, 0.25) is 0 Å². The van der Waals surface area contributed by atoms with E-state index in [2.05, 4.69) is 5.32 Å². The summed E-state index contributed by atoms with van der Waals surface area (Å²) in [6.45, 7) is 4.44. The van der Waals surface area contributed by atoms with Gasteiger partial charge in [0.25, 0.3) is 5.69 Å². The number of esters is 2. The topological polar surface area (TPSA) is 111 Å². The molecule has 0 radical (unpaired) electrons. The van der Waals surface area contributed by atoms with Crippen LogP contribution in [0, 0.1) is 10.1 Å². The Balaban J connectivity index is 0.00000480. The molecular weight excluding hydrogens is 426 g/mol. The fourth-order valence-electron chi connectivity index (χ4n) is 3.39. The lowest BCUT2D eigenvalue weighted by Crippen LogP contribution is -2.32. The molecule has 31 heavy (non-hydrogen) atoms. The first-order valence-corrected chi connectivity index (χ1v) is 9.50. The third-order valence-electron chi connectivity index (χ3n) is 4.81. The third-order valence-corrected chi connectivity index (χ3v) is 4.81. The highest BCUT2D eigenvalue weighted by Gasteiger charge is 2.37. The number of ether oxygens (including phenoxy) is 2. The zero-order valence-electron chi connectivity index (χ0n) is 18.3. The summed E-state index contributed by atoms with van der Waals surface area (Å²) in [4.78, 5) is 38.0. The molecule has 0 saturated heterocycles. The largest absolute Gasteiger partial charge is 0.466 e. The van der Waals surface area contributed by atoms with Crippen molar-refractivity contribution in [3.8, 4) is 0 Å². The quantitative estimate of drug-likeness (QED) is 0.277. The molecule has 170 valence electrons. The molecule has 0 fully saturated rings. The van der Waals surface area contributed by atoms with E-state index in [1.807, 2.05) is 19.0 Å². The number of rotatable bonds is 8. The standard InChI is InChI=1S/C21H27N3O6.ClH/c1-13-17(20(25)29-5)19(15-7-9-16(10-8-15)24(27)28)18(14(2)22-13)21(26)30-12-6-11-23(3)4;/h7-10,19,22H,6,11-12H2,1-5H3;1H. The van der Waals surface area contributed by atoms with E-state index in [4.69, 9.17) is 9.47 Å². The maximum atomic E-state index is 13.0. The molecule has 0 aromatic heterocycles. The van der Waals surface area contributed by atoms with Crippen LogP contribution in [0.3, 0.4) is 0 Å². The first kappa shape index (κ1) is 26.1. The van der Waals surface area contributed by atoms with E-state index < -0.39 is 22.8 Å². The van der Waals surface area contributed by atoms with Gasteiger partial charge in [0.05, 0.1) is 35.7 Å². The highest BCUT2D eigenvalue weighted by Crippen LogP contribution is 2.39. The molecule has 1 unspecified atom stereocenters. The smallest absolute Gasteiger partial charge is 0.336 e. The van der Waals surface area contributed by atoms with Crippen molar-refractivity contribution in [2.45, 2.75) is 26.2 Å². The predicted molar refractivity (Wildman–Crippen MR) is 118 cm³/mol. The number of nitro groups is 1. The van der Waals surface area contributed by atoms with E-state index in [-0.39, 0.29) is 35.8 Å². The van der Waals surface area contributed by atoms with E-state index in [0.29, 0.717) is 23.4 Å². The first-order valence-electron chi connectivity index (χ1n) is 9.50. The predicted octanol–water partition coefficient (Wildman–Crippen LogP) is 2.92.